The number of carbonyl (C=O) groups excluding carboxylic acids is 1. The Balaban J connectivity index is 2.92. The average Bonchev–Trinajstić information content (AvgIpc) is 2.08. The van der Waals surface area contributed by atoms with Crippen molar-refractivity contribution in [3.8, 4) is 0 Å². The SMILES string of the molecule is C/C(=C\c1ccc(Br)cc1)C(=O)[O-]. The lowest BCUT2D eigenvalue weighted by Gasteiger charge is -2.01. The number of hydrogen-bond acceptors (Lipinski definition) is 2. The first-order valence-corrected chi connectivity index (χ1v) is 4.54. The second-order valence-electron chi connectivity index (χ2n) is 2.67. The standard InChI is InChI=1S/C10H9BrO2/c1-7(10(12)13)6-8-2-4-9(11)5-3-8/h2-6H,1H3,(H,12,13)/p-1/b7-6+. The summed E-state index contributed by atoms with van der Waals surface area (Å²) in [4.78, 5) is 10.4. The summed E-state index contributed by atoms with van der Waals surface area (Å²) < 4.78 is 0.968. The molecular weight excluding hydrogens is 232 g/mol. The Kier molecular flexibility index (Phi) is 3.25. The number of carboxylic acids is 1. The summed E-state index contributed by atoms with van der Waals surface area (Å²) >= 11 is 3.29. The number of rotatable bonds is 2. The molecule has 0 saturated heterocycles. The van der Waals surface area contributed by atoms with Crippen LogP contribution in [0.15, 0.2) is 34.3 Å². The lowest BCUT2D eigenvalue weighted by atomic mass is 10.1. The van der Waals surface area contributed by atoms with Crippen molar-refractivity contribution in [2.75, 3.05) is 0 Å². The van der Waals surface area contributed by atoms with Gasteiger partial charge in [-0.05, 0) is 30.2 Å². The van der Waals surface area contributed by atoms with Gasteiger partial charge in [0.1, 0.15) is 0 Å². The minimum atomic E-state index is -1.14. The van der Waals surface area contributed by atoms with Gasteiger partial charge in [-0.1, -0.05) is 34.1 Å². The minimum absolute atomic E-state index is 0.224. The van der Waals surface area contributed by atoms with E-state index in [2.05, 4.69) is 15.9 Å². The minimum Gasteiger partial charge on any atom is -0.545 e. The van der Waals surface area contributed by atoms with Gasteiger partial charge in [0.05, 0.1) is 5.97 Å². The van der Waals surface area contributed by atoms with Crippen LogP contribution < -0.4 is 5.11 Å². The molecule has 0 saturated carbocycles. The van der Waals surface area contributed by atoms with Crippen molar-refractivity contribution in [3.05, 3.63) is 39.9 Å². The Bertz CT molecular complexity index is 338. The van der Waals surface area contributed by atoms with Gasteiger partial charge in [0.2, 0.25) is 0 Å². The van der Waals surface area contributed by atoms with Crippen LogP contribution in [0.25, 0.3) is 6.08 Å². The number of hydrogen-bond donors (Lipinski definition) is 0. The first-order valence-electron chi connectivity index (χ1n) is 3.75. The second-order valence-corrected chi connectivity index (χ2v) is 3.58. The van der Waals surface area contributed by atoms with Crippen LogP contribution in [0.5, 0.6) is 0 Å². The molecule has 0 N–H and O–H groups in total. The van der Waals surface area contributed by atoms with Gasteiger partial charge in [-0.2, -0.15) is 0 Å². The van der Waals surface area contributed by atoms with Crippen LogP contribution in [0.4, 0.5) is 0 Å². The van der Waals surface area contributed by atoms with E-state index in [0.717, 1.165) is 10.0 Å². The maximum Gasteiger partial charge on any atom is 0.0672 e. The highest BCUT2D eigenvalue weighted by Crippen LogP contribution is 2.12. The molecule has 1 rings (SSSR count). The lowest BCUT2D eigenvalue weighted by molar-refractivity contribution is -0.299. The first-order chi connectivity index (χ1) is 6.09. The van der Waals surface area contributed by atoms with Crippen LogP contribution in [0.3, 0.4) is 0 Å². The topological polar surface area (TPSA) is 40.1 Å². The van der Waals surface area contributed by atoms with Gasteiger partial charge in [-0.25, -0.2) is 0 Å². The number of carboxylic acid groups (broad SMARTS) is 1. The highest BCUT2D eigenvalue weighted by Gasteiger charge is 1.91. The van der Waals surface area contributed by atoms with E-state index in [1.54, 1.807) is 6.08 Å². The molecule has 1 aromatic carbocycles. The molecule has 0 heterocycles. The van der Waals surface area contributed by atoms with E-state index in [-0.39, 0.29) is 5.57 Å². The van der Waals surface area contributed by atoms with E-state index in [1.807, 2.05) is 24.3 Å². The molecular formula is C10H8BrO2-. The van der Waals surface area contributed by atoms with E-state index in [9.17, 15) is 9.90 Å². The van der Waals surface area contributed by atoms with Crippen molar-refractivity contribution in [2.24, 2.45) is 0 Å². The van der Waals surface area contributed by atoms with Gasteiger partial charge in [0.15, 0.2) is 0 Å². The molecule has 0 unspecified atom stereocenters. The van der Waals surface area contributed by atoms with Crippen LogP contribution in [0.2, 0.25) is 0 Å². The summed E-state index contributed by atoms with van der Waals surface area (Å²) in [6.45, 7) is 1.51. The zero-order chi connectivity index (χ0) is 9.84. The Morgan fingerprint density at radius 3 is 2.38 bits per heavy atom. The predicted octanol–water partition coefficient (Wildman–Crippen LogP) is 1.60. The molecule has 13 heavy (non-hydrogen) atoms. The van der Waals surface area contributed by atoms with Crippen molar-refractivity contribution in [2.45, 2.75) is 6.92 Å². The molecule has 0 fully saturated rings. The van der Waals surface area contributed by atoms with E-state index in [0.29, 0.717) is 0 Å². The number of halogens is 1. The molecule has 0 amide bonds. The fourth-order valence-corrected chi connectivity index (χ4v) is 1.13. The molecule has 68 valence electrons. The quantitative estimate of drug-likeness (QED) is 0.736. The fraction of sp³-hybridized carbons (Fsp3) is 0.100. The van der Waals surface area contributed by atoms with Gasteiger partial charge in [0.25, 0.3) is 0 Å². The third-order valence-electron chi connectivity index (χ3n) is 1.58. The molecule has 3 heteroatoms. The average molecular weight is 240 g/mol. The normalized spacial score (nSPS) is 11.4. The zero-order valence-electron chi connectivity index (χ0n) is 7.08. The molecule has 0 radical (unpaired) electrons. The maximum absolute atomic E-state index is 10.4. The van der Waals surface area contributed by atoms with Gasteiger partial charge < -0.3 is 9.90 Å². The first kappa shape index (κ1) is 9.99. The third kappa shape index (κ3) is 3.03. The predicted molar refractivity (Wildman–Crippen MR) is 52.8 cm³/mol. The van der Waals surface area contributed by atoms with Crippen molar-refractivity contribution < 1.29 is 9.90 Å². The van der Waals surface area contributed by atoms with Gasteiger partial charge in [-0.15, -0.1) is 0 Å². The molecule has 0 aliphatic carbocycles. The van der Waals surface area contributed by atoms with Gasteiger partial charge in [0, 0.05) is 4.47 Å². The Labute approximate surface area is 85.0 Å². The molecule has 0 aliphatic rings. The molecule has 0 aromatic heterocycles. The van der Waals surface area contributed by atoms with E-state index < -0.39 is 5.97 Å². The largest absolute Gasteiger partial charge is 0.545 e. The molecule has 1 aromatic rings. The summed E-state index contributed by atoms with van der Waals surface area (Å²) in [6.07, 6.45) is 1.57. The Hall–Kier alpha value is -1.09. The number of aliphatic carboxylic acids is 1. The Morgan fingerprint density at radius 2 is 1.92 bits per heavy atom. The molecule has 2 nitrogen and oxygen atoms in total. The number of carbonyl (C=O) groups is 1. The summed E-state index contributed by atoms with van der Waals surface area (Å²) in [7, 11) is 0. The van der Waals surface area contributed by atoms with Crippen molar-refractivity contribution in [3.63, 3.8) is 0 Å². The van der Waals surface area contributed by atoms with Crippen LogP contribution >= 0.6 is 15.9 Å². The van der Waals surface area contributed by atoms with Crippen LogP contribution in [0, 0.1) is 0 Å². The zero-order valence-corrected chi connectivity index (χ0v) is 8.67. The van der Waals surface area contributed by atoms with Crippen molar-refractivity contribution >= 4 is 28.0 Å². The van der Waals surface area contributed by atoms with Crippen molar-refractivity contribution in [1.29, 1.82) is 0 Å². The van der Waals surface area contributed by atoms with E-state index in [4.69, 9.17) is 0 Å². The fourth-order valence-electron chi connectivity index (χ4n) is 0.868. The third-order valence-corrected chi connectivity index (χ3v) is 2.10. The summed E-state index contributed by atoms with van der Waals surface area (Å²) in [5.74, 6) is -1.14. The molecule has 0 spiro atoms. The van der Waals surface area contributed by atoms with Gasteiger partial charge >= 0.3 is 0 Å². The highest BCUT2D eigenvalue weighted by atomic mass is 79.9. The molecule has 0 atom stereocenters. The van der Waals surface area contributed by atoms with E-state index in [1.165, 1.54) is 6.92 Å². The summed E-state index contributed by atoms with van der Waals surface area (Å²) in [6, 6.07) is 7.37. The molecule has 0 aliphatic heterocycles. The Morgan fingerprint density at radius 1 is 1.38 bits per heavy atom. The summed E-state index contributed by atoms with van der Waals surface area (Å²) in [5, 5.41) is 10.4. The molecule has 0 bridgehead atoms. The summed E-state index contributed by atoms with van der Waals surface area (Å²) in [5.41, 5.74) is 1.08. The van der Waals surface area contributed by atoms with E-state index >= 15 is 0 Å². The second kappa shape index (κ2) is 4.23. The highest BCUT2D eigenvalue weighted by molar-refractivity contribution is 9.10. The number of benzene rings is 1. The van der Waals surface area contributed by atoms with Gasteiger partial charge in [-0.3, -0.25) is 0 Å². The van der Waals surface area contributed by atoms with Crippen LogP contribution in [-0.4, -0.2) is 5.97 Å². The van der Waals surface area contributed by atoms with Crippen LogP contribution in [0.1, 0.15) is 12.5 Å². The smallest absolute Gasteiger partial charge is 0.0672 e. The van der Waals surface area contributed by atoms with Crippen LogP contribution in [-0.2, 0) is 4.79 Å². The van der Waals surface area contributed by atoms with Crippen molar-refractivity contribution in [1.82, 2.24) is 0 Å². The monoisotopic (exact) mass is 239 g/mol. The lowest BCUT2D eigenvalue weighted by Crippen LogP contribution is -2.22. The maximum atomic E-state index is 10.4.